The molecule has 4 nitrogen and oxygen atoms in total. The van der Waals surface area contributed by atoms with E-state index in [1.165, 1.54) is 12.1 Å². The van der Waals surface area contributed by atoms with Gasteiger partial charge in [0.1, 0.15) is 0 Å². The lowest BCUT2D eigenvalue weighted by Gasteiger charge is -2.11. The number of aryl methyl sites for hydroxylation is 1. The Hall–Kier alpha value is -1.70. The fourth-order valence-electron chi connectivity index (χ4n) is 1.27. The number of halogens is 3. The summed E-state index contributed by atoms with van der Waals surface area (Å²) in [5.41, 5.74) is 4.59. The molecule has 0 aliphatic heterocycles. The van der Waals surface area contributed by atoms with Crippen molar-refractivity contribution in [3.63, 3.8) is 0 Å². The van der Waals surface area contributed by atoms with Crippen molar-refractivity contribution < 1.29 is 17.6 Å². The molecular formula is C10H8F3N3OS. The minimum absolute atomic E-state index is 0.0275. The summed E-state index contributed by atoms with van der Waals surface area (Å²) >= 11 is 0.755. The van der Waals surface area contributed by atoms with Crippen LogP contribution < -0.4 is 5.73 Å². The van der Waals surface area contributed by atoms with E-state index in [1.54, 1.807) is 6.92 Å². The number of aromatic nitrogens is 2. The van der Waals surface area contributed by atoms with Crippen LogP contribution >= 0.6 is 11.8 Å². The van der Waals surface area contributed by atoms with E-state index in [9.17, 15) is 13.2 Å². The number of benzene rings is 1. The van der Waals surface area contributed by atoms with Crippen molar-refractivity contribution in [1.29, 1.82) is 0 Å². The molecule has 1 heterocycles. The Morgan fingerprint density at radius 1 is 1.28 bits per heavy atom. The van der Waals surface area contributed by atoms with Crippen molar-refractivity contribution in [3.8, 4) is 0 Å². The van der Waals surface area contributed by atoms with Crippen LogP contribution in [0.15, 0.2) is 32.7 Å². The summed E-state index contributed by atoms with van der Waals surface area (Å²) in [6, 6.07) is 3.55. The first-order chi connectivity index (χ1) is 8.36. The number of nitrogens with zero attached hydrogens (tertiary/aromatic N) is 2. The molecule has 96 valence electrons. The Bertz CT molecular complexity index is 568. The average Bonchev–Trinajstić information content (AvgIpc) is 2.65. The van der Waals surface area contributed by atoms with Gasteiger partial charge in [0.2, 0.25) is 5.89 Å². The number of rotatable bonds is 2. The molecule has 0 amide bonds. The van der Waals surface area contributed by atoms with Crippen LogP contribution in [0.1, 0.15) is 11.5 Å². The molecule has 0 radical (unpaired) electrons. The predicted molar refractivity (Wildman–Crippen MR) is 59.0 cm³/mol. The van der Waals surface area contributed by atoms with Gasteiger partial charge in [-0.15, -0.1) is 10.2 Å². The van der Waals surface area contributed by atoms with Gasteiger partial charge in [-0.3, -0.25) is 0 Å². The topological polar surface area (TPSA) is 64.9 Å². The summed E-state index contributed by atoms with van der Waals surface area (Å²) in [4.78, 5) is -0.0275. The van der Waals surface area contributed by atoms with E-state index < -0.39 is 11.7 Å². The van der Waals surface area contributed by atoms with E-state index in [2.05, 4.69) is 10.2 Å². The van der Waals surface area contributed by atoms with E-state index in [0.29, 0.717) is 5.89 Å². The molecule has 0 spiro atoms. The van der Waals surface area contributed by atoms with E-state index in [0.717, 1.165) is 17.8 Å². The maximum Gasteiger partial charge on any atom is 0.417 e. The molecule has 2 aromatic rings. The molecule has 0 fully saturated rings. The highest BCUT2D eigenvalue weighted by Crippen LogP contribution is 2.39. The molecule has 2 rings (SSSR count). The normalized spacial score (nSPS) is 11.8. The van der Waals surface area contributed by atoms with E-state index in [4.69, 9.17) is 10.2 Å². The van der Waals surface area contributed by atoms with E-state index in [1.807, 2.05) is 0 Å². The second-order valence-corrected chi connectivity index (χ2v) is 4.44. The predicted octanol–water partition coefficient (Wildman–Crippen LogP) is 3.13. The van der Waals surface area contributed by atoms with Crippen LogP contribution in [0, 0.1) is 6.92 Å². The van der Waals surface area contributed by atoms with Crippen molar-refractivity contribution in [2.45, 2.75) is 23.2 Å². The van der Waals surface area contributed by atoms with Crippen molar-refractivity contribution in [3.05, 3.63) is 29.7 Å². The van der Waals surface area contributed by atoms with Gasteiger partial charge in [-0.05, 0) is 30.0 Å². The molecule has 0 bridgehead atoms. The highest BCUT2D eigenvalue weighted by atomic mass is 32.2. The third-order valence-corrected chi connectivity index (χ3v) is 2.93. The van der Waals surface area contributed by atoms with Crippen LogP contribution in [-0.4, -0.2) is 10.2 Å². The third-order valence-electron chi connectivity index (χ3n) is 2.01. The van der Waals surface area contributed by atoms with Gasteiger partial charge >= 0.3 is 6.18 Å². The van der Waals surface area contributed by atoms with Crippen molar-refractivity contribution >= 4 is 17.4 Å². The molecule has 1 aromatic heterocycles. The second kappa shape index (κ2) is 4.52. The summed E-state index contributed by atoms with van der Waals surface area (Å²) in [6.07, 6.45) is -4.48. The quantitative estimate of drug-likeness (QED) is 0.853. The number of nitrogens with two attached hydrogens (primary N) is 1. The maximum atomic E-state index is 12.8. The van der Waals surface area contributed by atoms with Gasteiger partial charge in [0, 0.05) is 17.5 Å². The molecule has 0 aliphatic carbocycles. The van der Waals surface area contributed by atoms with Gasteiger partial charge in [-0.1, -0.05) is 0 Å². The number of anilines is 1. The Labute approximate surface area is 104 Å². The lowest BCUT2D eigenvalue weighted by molar-refractivity contribution is -0.139. The zero-order valence-corrected chi connectivity index (χ0v) is 9.97. The minimum atomic E-state index is -4.48. The van der Waals surface area contributed by atoms with Crippen molar-refractivity contribution in [1.82, 2.24) is 10.2 Å². The Morgan fingerprint density at radius 3 is 2.56 bits per heavy atom. The number of nitrogen functional groups attached to an aromatic ring is 1. The Balaban J connectivity index is 2.38. The summed E-state index contributed by atoms with van der Waals surface area (Å²) in [5.74, 6) is 0.293. The average molecular weight is 275 g/mol. The molecular weight excluding hydrogens is 267 g/mol. The van der Waals surface area contributed by atoms with Crippen molar-refractivity contribution in [2.75, 3.05) is 5.73 Å². The van der Waals surface area contributed by atoms with Crippen LogP contribution in [0.3, 0.4) is 0 Å². The third kappa shape index (κ3) is 2.76. The van der Waals surface area contributed by atoms with Gasteiger partial charge in [0.25, 0.3) is 5.22 Å². The van der Waals surface area contributed by atoms with Crippen molar-refractivity contribution in [2.24, 2.45) is 0 Å². The summed E-state index contributed by atoms with van der Waals surface area (Å²) in [6.45, 7) is 1.56. The van der Waals surface area contributed by atoms with Crippen LogP contribution in [-0.2, 0) is 6.18 Å². The second-order valence-electron chi connectivity index (χ2n) is 3.44. The highest BCUT2D eigenvalue weighted by molar-refractivity contribution is 7.99. The zero-order valence-electron chi connectivity index (χ0n) is 9.15. The van der Waals surface area contributed by atoms with Gasteiger partial charge in [-0.25, -0.2) is 0 Å². The standard InChI is InChI=1S/C10H8F3N3OS/c1-5-15-16-9(17-5)18-8-3-2-6(14)4-7(8)10(11,12)13/h2-4H,14H2,1H3. The van der Waals surface area contributed by atoms with Gasteiger partial charge in [-0.2, -0.15) is 13.2 Å². The smallest absolute Gasteiger partial charge is 0.416 e. The molecule has 0 unspecified atom stereocenters. The Morgan fingerprint density at radius 2 is 2.00 bits per heavy atom. The molecule has 0 saturated carbocycles. The summed E-state index contributed by atoms with van der Waals surface area (Å²) in [7, 11) is 0. The molecule has 8 heteroatoms. The lowest BCUT2D eigenvalue weighted by Crippen LogP contribution is -2.07. The largest absolute Gasteiger partial charge is 0.417 e. The summed E-state index contributed by atoms with van der Waals surface area (Å²) in [5, 5.41) is 7.24. The molecule has 18 heavy (non-hydrogen) atoms. The number of alkyl halides is 3. The summed E-state index contributed by atoms with van der Waals surface area (Å²) < 4.78 is 43.4. The molecule has 2 N–H and O–H groups in total. The SMILES string of the molecule is Cc1nnc(Sc2ccc(N)cc2C(F)(F)F)o1. The van der Waals surface area contributed by atoms with Crippen LogP contribution in [0.5, 0.6) is 0 Å². The number of hydrogen-bond acceptors (Lipinski definition) is 5. The van der Waals surface area contributed by atoms with Crippen LogP contribution in [0.4, 0.5) is 18.9 Å². The first-order valence-electron chi connectivity index (χ1n) is 4.81. The monoisotopic (exact) mass is 275 g/mol. The number of hydrogen-bond donors (Lipinski definition) is 1. The maximum absolute atomic E-state index is 12.8. The van der Waals surface area contributed by atoms with Gasteiger partial charge in [0.05, 0.1) is 5.56 Å². The molecule has 0 saturated heterocycles. The van der Waals surface area contributed by atoms with Gasteiger partial charge in [0.15, 0.2) is 0 Å². The first kappa shape index (κ1) is 12.7. The Kier molecular flexibility index (Phi) is 3.20. The highest BCUT2D eigenvalue weighted by Gasteiger charge is 2.34. The first-order valence-corrected chi connectivity index (χ1v) is 5.62. The molecule has 1 aromatic carbocycles. The van der Waals surface area contributed by atoms with Crippen LogP contribution in [0.25, 0.3) is 0 Å². The lowest BCUT2D eigenvalue weighted by atomic mass is 10.2. The zero-order chi connectivity index (χ0) is 13.3. The van der Waals surface area contributed by atoms with Gasteiger partial charge < -0.3 is 10.2 Å². The molecule has 0 atom stereocenters. The van der Waals surface area contributed by atoms with Crippen LogP contribution in [0.2, 0.25) is 0 Å². The minimum Gasteiger partial charge on any atom is -0.416 e. The van der Waals surface area contributed by atoms with E-state index >= 15 is 0 Å². The van der Waals surface area contributed by atoms with E-state index in [-0.39, 0.29) is 15.8 Å². The molecule has 0 aliphatic rings. The fraction of sp³-hybridized carbons (Fsp3) is 0.200. The fourth-order valence-corrected chi connectivity index (χ4v) is 2.12.